The predicted octanol–water partition coefficient (Wildman–Crippen LogP) is 0.705. The van der Waals surface area contributed by atoms with E-state index in [9.17, 15) is 5.11 Å². The van der Waals surface area contributed by atoms with Gasteiger partial charge >= 0.3 is 0 Å². The highest BCUT2D eigenvalue weighted by Gasteiger charge is 2.26. The van der Waals surface area contributed by atoms with Gasteiger partial charge in [-0.1, -0.05) is 0 Å². The monoisotopic (exact) mass is 164 g/mol. The number of thiocarbonyl (C=S) groups is 1. The van der Waals surface area contributed by atoms with E-state index in [-0.39, 0.29) is 5.05 Å². The molecule has 0 amide bonds. The molecule has 0 aromatic carbocycles. The smallest absolute Gasteiger partial charge is 0.233 e. The molecule has 0 aromatic rings. The number of rotatable bonds is 3. The van der Waals surface area contributed by atoms with Gasteiger partial charge in [-0.25, -0.2) is 0 Å². The van der Waals surface area contributed by atoms with Gasteiger partial charge in [-0.3, -0.25) is 0 Å². The number of methoxy groups -OCH3 is 1. The molecule has 0 bridgehead atoms. The quantitative estimate of drug-likeness (QED) is 0.492. The lowest BCUT2D eigenvalue weighted by Crippen LogP contribution is -2.37. The van der Waals surface area contributed by atoms with E-state index < -0.39 is 5.79 Å². The van der Waals surface area contributed by atoms with Crippen LogP contribution in [-0.2, 0) is 9.47 Å². The van der Waals surface area contributed by atoms with Gasteiger partial charge in [0.05, 0.1) is 6.61 Å². The molecule has 0 radical (unpaired) electrons. The molecule has 0 spiro atoms. The van der Waals surface area contributed by atoms with E-state index >= 15 is 0 Å². The van der Waals surface area contributed by atoms with Crippen molar-refractivity contribution in [2.45, 2.75) is 19.6 Å². The van der Waals surface area contributed by atoms with Gasteiger partial charge in [0.15, 0.2) is 0 Å². The Morgan fingerprint density at radius 1 is 1.70 bits per heavy atom. The Hall–Kier alpha value is -0.190. The van der Waals surface area contributed by atoms with Crippen molar-refractivity contribution in [2.24, 2.45) is 0 Å². The second-order valence-corrected chi connectivity index (χ2v) is 2.28. The van der Waals surface area contributed by atoms with E-state index in [1.807, 2.05) is 0 Å². The van der Waals surface area contributed by atoms with Crippen molar-refractivity contribution in [2.75, 3.05) is 13.7 Å². The fourth-order valence-corrected chi connectivity index (χ4v) is 0.550. The van der Waals surface area contributed by atoms with Crippen LogP contribution in [0, 0.1) is 0 Å². The van der Waals surface area contributed by atoms with Gasteiger partial charge in [0.2, 0.25) is 10.8 Å². The molecule has 0 rings (SSSR count). The fourth-order valence-electron chi connectivity index (χ4n) is 0.348. The van der Waals surface area contributed by atoms with Gasteiger partial charge in [-0.15, -0.1) is 0 Å². The largest absolute Gasteiger partial charge is 0.483 e. The summed E-state index contributed by atoms with van der Waals surface area (Å²) >= 11 is 4.69. The van der Waals surface area contributed by atoms with Crippen molar-refractivity contribution in [1.29, 1.82) is 0 Å². The van der Waals surface area contributed by atoms with Crippen LogP contribution in [0.25, 0.3) is 0 Å². The first-order valence-corrected chi connectivity index (χ1v) is 3.40. The molecule has 1 atom stereocenters. The van der Waals surface area contributed by atoms with Crippen LogP contribution >= 0.6 is 12.2 Å². The molecule has 0 saturated carbocycles. The number of ether oxygens (including phenoxy) is 2. The Labute approximate surface area is 65.9 Å². The molecule has 3 nitrogen and oxygen atoms in total. The van der Waals surface area contributed by atoms with E-state index in [1.165, 1.54) is 14.0 Å². The Morgan fingerprint density at radius 3 is 2.50 bits per heavy atom. The van der Waals surface area contributed by atoms with Crippen LogP contribution in [0.3, 0.4) is 0 Å². The first-order valence-electron chi connectivity index (χ1n) is 2.99. The predicted molar refractivity (Wildman–Crippen MR) is 41.9 cm³/mol. The minimum Gasteiger partial charge on any atom is -0.483 e. The van der Waals surface area contributed by atoms with Gasteiger partial charge in [0.25, 0.3) is 0 Å². The van der Waals surface area contributed by atoms with Crippen molar-refractivity contribution in [3.8, 4) is 0 Å². The summed E-state index contributed by atoms with van der Waals surface area (Å²) in [5, 5.41) is 9.30. The molecular formula is C6H12O3S. The minimum atomic E-state index is -1.44. The molecular weight excluding hydrogens is 152 g/mol. The van der Waals surface area contributed by atoms with Crippen LogP contribution in [0.15, 0.2) is 0 Å². The summed E-state index contributed by atoms with van der Waals surface area (Å²) in [4.78, 5) is 0. The summed E-state index contributed by atoms with van der Waals surface area (Å²) in [6.07, 6.45) is 0. The normalized spacial score (nSPS) is 16.0. The van der Waals surface area contributed by atoms with Gasteiger partial charge in [-0.05, 0) is 26.1 Å². The van der Waals surface area contributed by atoms with E-state index in [4.69, 9.17) is 17.0 Å². The van der Waals surface area contributed by atoms with Gasteiger partial charge in [0, 0.05) is 7.11 Å². The summed E-state index contributed by atoms with van der Waals surface area (Å²) in [5.74, 6) is -1.44. The van der Waals surface area contributed by atoms with Crippen molar-refractivity contribution in [3.63, 3.8) is 0 Å². The summed E-state index contributed by atoms with van der Waals surface area (Å²) in [7, 11) is 1.37. The van der Waals surface area contributed by atoms with Crippen LogP contribution in [0.1, 0.15) is 13.8 Å². The van der Waals surface area contributed by atoms with Gasteiger partial charge in [0.1, 0.15) is 0 Å². The standard InChI is InChI=1S/C6H12O3S/c1-4-9-5(10)6(2,7)8-3/h7H,4H2,1-3H3. The average molecular weight is 164 g/mol. The molecule has 0 aliphatic heterocycles. The van der Waals surface area contributed by atoms with Crippen molar-refractivity contribution < 1.29 is 14.6 Å². The molecule has 0 saturated heterocycles. The molecule has 1 N–H and O–H groups in total. The molecule has 0 aliphatic rings. The Kier molecular flexibility index (Phi) is 3.78. The summed E-state index contributed by atoms with van der Waals surface area (Å²) in [6, 6.07) is 0. The molecule has 10 heavy (non-hydrogen) atoms. The second-order valence-electron chi connectivity index (χ2n) is 1.91. The lowest BCUT2D eigenvalue weighted by atomic mass is 10.3. The minimum absolute atomic E-state index is 0.0671. The highest BCUT2D eigenvalue weighted by Crippen LogP contribution is 2.07. The third-order valence-corrected chi connectivity index (χ3v) is 1.55. The maximum Gasteiger partial charge on any atom is 0.233 e. The Bertz CT molecular complexity index is 122. The topological polar surface area (TPSA) is 38.7 Å². The summed E-state index contributed by atoms with van der Waals surface area (Å²) < 4.78 is 9.50. The average Bonchev–Trinajstić information content (AvgIpc) is 1.89. The van der Waals surface area contributed by atoms with Gasteiger partial charge < -0.3 is 14.6 Å². The zero-order valence-electron chi connectivity index (χ0n) is 6.38. The molecule has 1 unspecified atom stereocenters. The van der Waals surface area contributed by atoms with E-state index in [2.05, 4.69) is 4.74 Å². The van der Waals surface area contributed by atoms with Gasteiger partial charge in [-0.2, -0.15) is 0 Å². The molecule has 4 heteroatoms. The van der Waals surface area contributed by atoms with Crippen LogP contribution < -0.4 is 0 Å². The Morgan fingerprint density at radius 2 is 2.20 bits per heavy atom. The first-order chi connectivity index (χ1) is 4.54. The number of hydrogen-bond acceptors (Lipinski definition) is 4. The number of aliphatic hydroxyl groups is 1. The molecule has 60 valence electrons. The third-order valence-electron chi connectivity index (χ3n) is 1.05. The summed E-state index contributed by atoms with van der Waals surface area (Å²) in [6.45, 7) is 3.67. The number of hydrogen-bond donors (Lipinski definition) is 1. The SMILES string of the molecule is CCOC(=S)C(C)(O)OC. The highest BCUT2D eigenvalue weighted by molar-refractivity contribution is 7.80. The maximum absolute atomic E-state index is 9.23. The molecule has 0 aromatic heterocycles. The lowest BCUT2D eigenvalue weighted by molar-refractivity contribution is -0.124. The van der Waals surface area contributed by atoms with Crippen LogP contribution in [0.2, 0.25) is 0 Å². The second kappa shape index (κ2) is 3.85. The Balaban J connectivity index is 3.91. The lowest BCUT2D eigenvalue weighted by Gasteiger charge is -2.21. The van der Waals surface area contributed by atoms with Crippen LogP contribution in [-0.4, -0.2) is 29.7 Å². The van der Waals surface area contributed by atoms with Crippen LogP contribution in [0.4, 0.5) is 0 Å². The third kappa shape index (κ3) is 2.60. The zero-order chi connectivity index (χ0) is 8.20. The zero-order valence-corrected chi connectivity index (χ0v) is 7.20. The van der Waals surface area contributed by atoms with Crippen molar-refractivity contribution in [3.05, 3.63) is 0 Å². The van der Waals surface area contributed by atoms with E-state index in [1.54, 1.807) is 6.92 Å². The molecule has 0 fully saturated rings. The fraction of sp³-hybridized carbons (Fsp3) is 0.833. The summed E-state index contributed by atoms with van der Waals surface area (Å²) in [5.41, 5.74) is 0. The van der Waals surface area contributed by atoms with E-state index in [0.717, 1.165) is 0 Å². The van der Waals surface area contributed by atoms with Crippen molar-refractivity contribution >= 4 is 17.3 Å². The van der Waals surface area contributed by atoms with Crippen LogP contribution in [0.5, 0.6) is 0 Å². The highest BCUT2D eigenvalue weighted by atomic mass is 32.1. The first kappa shape index (κ1) is 9.81. The maximum atomic E-state index is 9.23. The molecule has 0 aliphatic carbocycles. The van der Waals surface area contributed by atoms with E-state index in [0.29, 0.717) is 6.61 Å². The molecule has 0 heterocycles. The van der Waals surface area contributed by atoms with Crippen molar-refractivity contribution in [1.82, 2.24) is 0 Å².